The molecule has 0 aliphatic heterocycles. The van der Waals surface area contributed by atoms with E-state index in [0.29, 0.717) is 6.04 Å². The number of nitrogens with one attached hydrogen (secondary N) is 1. The lowest BCUT2D eigenvalue weighted by Crippen LogP contribution is -2.30. The standard InChI is InChI=1S/C18H20FN5/c1-13(9-17-11-20-7-8-21-17)24(2)12-15-10-22-23-18(15)14-3-5-16(19)6-4-14/h3-8,10-11,13H,9,12H2,1-2H3,(H,22,23). The fourth-order valence-corrected chi connectivity index (χ4v) is 2.62. The van der Waals surface area contributed by atoms with Crippen molar-refractivity contribution >= 4 is 0 Å². The summed E-state index contributed by atoms with van der Waals surface area (Å²) in [7, 11) is 2.07. The number of H-pyrrole nitrogens is 1. The van der Waals surface area contributed by atoms with E-state index in [2.05, 4.69) is 39.0 Å². The van der Waals surface area contributed by atoms with Gasteiger partial charge in [-0.15, -0.1) is 0 Å². The maximum atomic E-state index is 13.1. The molecule has 0 aliphatic carbocycles. The van der Waals surface area contributed by atoms with Gasteiger partial charge in [-0.05, 0) is 38.2 Å². The molecule has 1 atom stereocenters. The zero-order chi connectivity index (χ0) is 16.9. The Labute approximate surface area is 140 Å². The summed E-state index contributed by atoms with van der Waals surface area (Å²) in [6.45, 7) is 2.90. The van der Waals surface area contributed by atoms with Gasteiger partial charge in [-0.25, -0.2) is 4.39 Å². The molecule has 3 rings (SSSR count). The molecular weight excluding hydrogens is 305 g/mol. The summed E-state index contributed by atoms with van der Waals surface area (Å²) >= 11 is 0. The summed E-state index contributed by atoms with van der Waals surface area (Å²) in [5, 5.41) is 7.16. The molecule has 0 fully saturated rings. The lowest BCUT2D eigenvalue weighted by atomic mass is 10.1. The molecule has 1 aromatic carbocycles. The highest BCUT2D eigenvalue weighted by Gasteiger charge is 2.15. The monoisotopic (exact) mass is 325 g/mol. The predicted molar refractivity (Wildman–Crippen MR) is 90.6 cm³/mol. The molecule has 0 bridgehead atoms. The van der Waals surface area contributed by atoms with Crippen LogP contribution in [0.2, 0.25) is 0 Å². The quantitative estimate of drug-likeness (QED) is 0.757. The third-order valence-corrected chi connectivity index (χ3v) is 4.14. The van der Waals surface area contributed by atoms with E-state index in [9.17, 15) is 4.39 Å². The van der Waals surface area contributed by atoms with Crippen LogP contribution in [0.15, 0.2) is 49.1 Å². The van der Waals surface area contributed by atoms with Crippen molar-refractivity contribution in [3.05, 3.63) is 66.1 Å². The third-order valence-electron chi connectivity index (χ3n) is 4.14. The van der Waals surface area contributed by atoms with E-state index >= 15 is 0 Å². The van der Waals surface area contributed by atoms with Crippen molar-refractivity contribution in [2.45, 2.75) is 25.9 Å². The average molecular weight is 325 g/mol. The van der Waals surface area contributed by atoms with Crippen LogP contribution in [-0.2, 0) is 13.0 Å². The van der Waals surface area contributed by atoms with Crippen LogP contribution in [-0.4, -0.2) is 38.2 Å². The fourth-order valence-electron chi connectivity index (χ4n) is 2.62. The van der Waals surface area contributed by atoms with Crippen LogP contribution in [0, 0.1) is 5.82 Å². The first-order valence-electron chi connectivity index (χ1n) is 7.87. The van der Waals surface area contributed by atoms with Crippen molar-refractivity contribution in [3.8, 4) is 11.3 Å². The van der Waals surface area contributed by atoms with Gasteiger partial charge in [0.2, 0.25) is 0 Å². The maximum absolute atomic E-state index is 13.1. The third kappa shape index (κ3) is 3.83. The van der Waals surface area contributed by atoms with Gasteiger partial charge in [0.05, 0.1) is 17.6 Å². The Morgan fingerprint density at radius 1 is 1.17 bits per heavy atom. The Hall–Kier alpha value is -2.60. The number of aromatic nitrogens is 4. The smallest absolute Gasteiger partial charge is 0.123 e. The summed E-state index contributed by atoms with van der Waals surface area (Å²) in [6.07, 6.45) is 7.84. The van der Waals surface area contributed by atoms with Gasteiger partial charge < -0.3 is 0 Å². The van der Waals surface area contributed by atoms with Crippen LogP contribution in [0.4, 0.5) is 4.39 Å². The SMILES string of the molecule is CC(Cc1cnccn1)N(C)Cc1cn[nH]c1-c1ccc(F)cc1. The van der Waals surface area contributed by atoms with Crippen LogP contribution in [0.3, 0.4) is 0 Å². The molecule has 3 aromatic rings. The first kappa shape index (κ1) is 16.3. The van der Waals surface area contributed by atoms with Crippen molar-refractivity contribution < 1.29 is 4.39 Å². The molecule has 6 heteroatoms. The fraction of sp³-hybridized carbons (Fsp3) is 0.278. The van der Waals surface area contributed by atoms with Gasteiger partial charge in [0.1, 0.15) is 5.82 Å². The van der Waals surface area contributed by atoms with Gasteiger partial charge in [-0.2, -0.15) is 5.10 Å². The molecule has 0 saturated heterocycles. The van der Waals surface area contributed by atoms with E-state index in [1.54, 1.807) is 30.7 Å². The molecule has 1 N–H and O–H groups in total. The summed E-state index contributed by atoms with van der Waals surface area (Å²) in [5.41, 5.74) is 3.91. The van der Waals surface area contributed by atoms with Gasteiger partial charge in [-0.1, -0.05) is 0 Å². The Kier molecular flexibility index (Phi) is 4.96. The van der Waals surface area contributed by atoms with Crippen LogP contribution in [0.1, 0.15) is 18.2 Å². The molecule has 2 aromatic heterocycles. The molecule has 0 spiro atoms. The average Bonchev–Trinajstić information content (AvgIpc) is 3.04. The van der Waals surface area contributed by atoms with Crippen molar-refractivity contribution in [2.24, 2.45) is 0 Å². The van der Waals surface area contributed by atoms with E-state index in [0.717, 1.165) is 35.5 Å². The van der Waals surface area contributed by atoms with Crippen molar-refractivity contribution in [2.75, 3.05) is 7.05 Å². The van der Waals surface area contributed by atoms with Gasteiger partial charge in [0.25, 0.3) is 0 Å². The molecule has 0 amide bonds. The lowest BCUT2D eigenvalue weighted by molar-refractivity contribution is 0.247. The zero-order valence-corrected chi connectivity index (χ0v) is 13.8. The van der Waals surface area contributed by atoms with Crippen molar-refractivity contribution in [1.29, 1.82) is 0 Å². The molecule has 5 nitrogen and oxygen atoms in total. The number of hydrogen-bond donors (Lipinski definition) is 1. The minimum absolute atomic E-state index is 0.241. The highest BCUT2D eigenvalue weighted by atomic mass is 19.1. The summed E-state index contributed by atoms with van der Waals surface area (Å²) < 4.78 is 13.1. The maximum Gasteiger partial charge on any atom is 0.123 e. The van der Waals surface area contributed by atoms with Gasteiger partial charge >= 0.3 is 0 Å². The van der Waals surface area contributed by atoms with Crippen molar-refractivity contribution in [3.63, 3.8) is 0 Å². The molecule has 0 aliphatic rings. The number of rotatable bonds is 6. The Morgan fingerprint density at radius 3 is 2.67 bits per heavy atom. The van der Waals surface area contributed by atoms with Crippen LogP contribution >= 0.6 is 0 Å². The molecule has 124 valence electrons. The number of halogens is 1. The number of benzene rings is 1. The lowest BCUT2D eigenvalue weighted by Gasteiger charge is -2.24. The Bertz CT molecular complexity index is 770. The van der Waals surface area contributed by atoms with Gasteiger partial charge in [-0.3, -0.25) is 20.0 Å². The largest absolute Gasteiger partial charge is 0.299 e. The second-order valence-corrected chi connectivity index (χ2v) is 5.94. The highest BCUT2D eigenvalue weighted by Crippen LogP contribution is 2.23. The predicted octanol–water partition coefficient (Wildman–Crippen LogP) is 3.07. The Morgan fingerprint density at radius 2 is 1.96 bits per heavy atom. The van der Waals surface area contributed by atoms with Crippen LogP contribution < -0.4 is 0 Å². The second kappa shape index (κ2) is 7.31. The minimum Gasteiger partial charge on any atom is -0.299 e. The number of likely N-dealkylation sites (N-methyl/N-ethyl adjacent to an activating group) is 1. The molecule has 0 saturated carbocycles. The minimum atomic E-state index is -0.241. The van der Waals surface area contributed by atoms with E-state index in [1.165, 1.54) is 12.1 Å². The summed E-state index contributed by atoms with van der Waals surface area (Å²) in [4.78, 5) is 10.7. The number of nitrogens with zero attached hydrogens (tertiary/aromatic N) is 4. The van der Waals surface area contributed by atoms with Gasteiger partial charge in [0.15, 0.2) is 0 Å². The molecule has 2 heterocycles. The molecule has 0 radical (unpaired) electrons. The van der Waals surface area contributed by atoms with E-state index in [1.807, 2.05) is 6.20 Å². The first-order valence-corrected chi connectivity index (χ1v) is 7.87. The summed E-state index contributed by atoms with van der Waals surface area (Å²) in [6, 6.07) is 6.74. The van der Waals surface area contributed by atoms with Gasteiger partial charge in [0, 0.05) is 48.7 Å². The summed E-state index contributed by atoms with van der Waals surface area (Å²) in [5.74, 6) is -0.241. The van der Waals surface area contributed by atoms with E-state index < -0.39 is 0 Å². The van der Waals surface area contributed by atoms with Crippen molar-refractivity contribution in [1.82, 2.24) is 25.1 Å². The zero-order valence-electron chi connectivity index (χ0n) is 13.8. The molecular formula is C18H20FN5. The number of aromatic amines is 1. The van der Waals surface area contributed by atoms with Crippen LogP contribution in [0.5, 0.6) is 0 Å². The van der Waals surface area contributed by atoms with E-state index in [-0.39, 0.29) is 5.82 Å². The Balaban J connectivity index is 1.70. The normalized spacial score (nSPS) is 12.5. The topological polar surface area (TPSA) is 57.7 Å². The molecule has 24 heavy (non-hydrogen) atoms. The molecule has 1 unspecified atom stereocenters. The van der Waals surface area contributed by atoms with Crippen LogP contribution in [0.25, 0.3) is 11.3 Å². The second-order valence-electron chi connectivity index (χ2n) is 5.94. The highest BCUT2D eigenvalue weighted by molar-refractivity contribution is 5.62. The first-order chi connectivity index (χ1) is 11.6. The number of hydrogen-bond acceptors (Lipinski definition) is 4. The van der Waals surface area contributed by atoms with E-state index in [4.69, 9.17) is 0 Å².